The number of carbonyl (C=O) groups is 3. The predicted octanol–water partition coefficient (Wildman–Crippen LogP) is 2.38. The van der Waals surface area contributed by atoms with Crippen LogP contribution in [0.5, 0.6) is 0 Å². The summed E-state index contributed by atoms with van der Waals surface area (Å²) in [5.41, 5.74) is 0. The van der Waals surface area contributed by atoms with E-state index in [4.69, 9.17) is 9.47 Å². The Balaban J connectivity index is 2.98. The molecule has 0 bridgehead atoms. The third-order valence-corrected chi connectivity index (χ3v) is 7.78. The summed E-state index contributed by atoms with van der Waals surface area (Å²) in [7, 11) is 8.75. The second-order valence-electron chi connectivity index (χ2n) is 10.7. The first-order chi connectivity index (χ1) is 16.9. The number of methoxy groups -OCH3 is 2. The number of likely N-dealkylation sites (tertiary alicyclic amines) is 1. The van der Waals surface area contributed by atoms with Gasteiger partial charge < -0.3 is 24.6 Å². The molecule has 0 aromatic rings. The zero-order valence-corrected chi connectivity index (χ0v) is 24.4. The van der Waals surface area contributed by atoms with Crippen LogP contribution in [0.4, 0.5) is 0 Å². The molecule has 6 atom stereocenters. The molecule has 9 nitrogen and oxygen atoms in total. The van der Waals surface area contributed by atoms with E-state index < -0.39 is 6.10 Å². The molecule has 1 rings (SSSR count). The van der Waals surface area contributed by atoms with Crippen LogP contribution in [0.2, 0.25) is 0 Å². The van der Waals surface area contributed by atoms with Gasteiger partial charge in [-0.1, -0.05) is 41.0 Å². The van der Waals surface area contributed by atoms with Crippen molar-refractivity contribution < 1.29 is 23.9 Å². The Morgan fingerprint density at radius 3 is 2.14 bits per heavy atom. The minimum absolute atomic E-state index is 0.00946. The largest absolute Gasteiger partial charge is 0.379 e. The van der Waals surface area contributed by atoms with Crippen LogP contribution in [0, 0.1) is 11.8 Å². The minimum atomic E-state index is -0.455. The maximum absolute atomic E-state index is 13.5. The van der Waals surface area contributed by atoms with Gasteiger partial charge in [0.15, 0.2) is 0 Å². The molecule has 1 heterocycles. The molecule has 1 saturated heterocycles. The van der Waals surface area contributed by atoms with E-state index in [9.17, 15) is 14.4 Å². The Morgan fingerprint density at radius 2 is 1.67 bits per heavy atom. The molecule has 3 amide bonds. The summed E-state index contributed by atoms with van der Waals surface area (Å²) in [5, 5.41) is 2.78. The van der Waals surface area contributed by atoms with Crippen molar-refractivity contribution in [3.63, 3.8) is 0 Å². The fraction of sp³-hybridized carbons (Fsp3) is 0.889. The molecule has 210 valence electrons. The first-order valence-corrected chi connectivity index (χ1v) is 13.5. The van der Waals surface area contributed by atoms with E-state index in [0.29, 0.717) is 18.9 Å². The molecule has 9 heteroatoms. The number of amides is 3. The van der Waals surface area contributed by atoms with Crippen molar-refractivity contribution in [2.75, 3.05) is 48.5 Å². The molecule has 0 radical (unpaired) electrons. The summed E-state index contributed by atoms with van der Waals surface area (Å²) < 4.78 is 11.6. The Labute approximate surface area is 219 Å². The van der Waals surface area contributed by atoms with Crippen LogP contribution < -0.4 is 5.32 Å². The number of nitrogens with zero attached hydrogens (tertiary/aromatic N) is 3. The van der Waals surface area contributed by atoms with Crippen molar-refractivity contribution in [1.29, 1.82) is 0 Å². The molecule has 0 aromatic heterocycles. The zero-order chi connectivity index (χ0) is 27.6. The Bertz CT molecular complexity index is 702. The number of ether oxygens (including phenoxy) is 2. The van der Waals surface area contributed by atoms with Crippen LogP contribution in [0.25, 0.3) is 0 Å². The van der Waals surface area contributed by atoms with Gasteiger partial charge in [0, 0.05) is 27.8 Å². The van der Waals surface area contributed by atoms with Crippen molar-refractivity contribution in [2.45, 2.75) is 97.1 Å². The third-order valence-electron chi connectivity index (χ3n) is 7.78. The fourth-order valence-electron chi connectivity index (χ4n) is 5.55. The number of nitrogens with one attached hydrogen (secondary N) is 1. The van der Waals surface area contributed by atoms with E-state index in [2.05, 4.69) is 33.0 Å². The lowest BCUT2D eigenvalue weighted by Gasteiger charge is -2.39. The minimum Gasteiger partial charge on any atom is -0.379 e. The molecular formula is C27H52N4O5. The summed E-state index contributed by atoms with van der Waals surface area (Å²) in [6, 6.07) is -0.527. The van der Waals surface area contributed by atoms with Gasteiger partial charge in [-0.05, 0) is 45.2 Å². The van der Waals surface area contributed by atoms with Gasteiger partial charge in [-0.2, -0.15) is 0 Å². The molecular weight excluding hydrogens is 460 g/mol. The monoisotopic (exact) mass is 512 g/mol. The predicted molar refractivity (Wildman–Crippen MR) is 143 cm³/mol. The number of carbonyl (C=O) groups excluding carboxylic acids is 3. The molecule has 6 unspecified atom stereocenters. The van der Waals surface area contributed by atoms with Gasteiger partial charge in [0.1, 0.15) is 0 Å². The van der Waals surface area contributed by atoms with Crippen molar-refractivity contribution in [3.05, 3.63) is 0 Å². The molecule has 0 saturated carbocycles. The highest BCUT2D eigenvalue weighted by Gasteiger charge is 2.39. The average molecular weight is 513 g/mol. The molecule has 36 heavy (non-hydrogen) atoms. The van der Waals surface area contributed by atoms with E-state index in [1.165, 1.54) is 0 Å². The normalized spacial score (nSPS) is 20.2. The lowest BCUT2D eigenvalue weighted by molar-refractivity contribution is -0.144. The first-order valence-electron chi connectivity index (χ1n) is 13.5. The Morgan fingerprint density at radius 1 is 1.03 bits per heavy atom. The molecule has 0 spiro atoms. The van der Waals surface area contributed by atoms with Crippen molar-refractivity contribution >= 4 is 17.7 Å². The second-order valence-corrected chi connectivity index (χ2v) is 10.7. The molecule has 0 aliphatic carbocycles. The van der Waals surface area contributed by atoms with Crippen molar-refractivity contribution in [2.24, 2.45) is 11.8 Å². The van der Waals surface area contributed by atoms with Crippen LogP contribution in [-0.4, -0.2) is 111 Å². The van der Waals surface area contributed by atoms with Crippen LogP contribution in [0.3, 0.4) is 0 Å². The summed E-state index contributed by atoms with van der Waals surface area (Å²) in [6.45, 7) is 10.9. The van der Waals surface area contributed by atoms with Gasteiger partial charge in [-0.25, -0.2) is 0 Å². The fourth-order valence-corrected chi connectivity index (χ4v) is 5.55. The van der Waals surface area contributed by atoms with Crippen molar-refractivity contribution in [1.82, 2.24) is 20.0 Å². The van der Waals surface area contributed by atoms with E-state index >= 15 is 0 Å². The van der Waals surface area contributed by atoms with Gasteiger partial charge in [0.2, 0.25) is 17.7 Å². The summed E-state index contributed by atoms with van der Waals surface area (Å²) in [4.78, 5) is 44.6. The molecule has 1 N–H and O–H groups in total. The maximum Gasteiger partial charge on any atom is 0.242 e. The van der Waals surface area contributed by atoms with Crippen LogP contribution >= 0.6 is 0 Å². The van der Waals surface area contributed by atoms with Gasteiger partial charge in [0.05, 0.1) is 43.3 Å². The second kappa shape index (κ2) is 15.5. The molecule has 1 aliphatic heterocycles. The van der Waals surface area contributed by atoms with Gasteiger partial charge in [-0.15, -0.1) is 0 Å². The van der Waals surface area contributed by atoms with E-state index in [1.54, 1.807) is 26.2 Å². The number of hydrogen-bond donors (Lipinski definition) is 1. The quantitative estimate of drug-likeness (QED) is 0.362. The van der Waals surface area contributed by atoms with E-state index in [0.717, 1.165) is 19.3 Å². The van der Waals surface area contributed by atoms with Crippen LogP contribution in [-0.2, 0) is 23.9 Å². The van der Waals surface area contributed by atoms with Crippen molar-refractivity contribution in [3.8, 4) is 0 Å². The van der Waals surface area contributed by atoms with Gasteiger partial charge in [-0.3, -0.25) is 19.3 Å². The number of rotatable bonds is 15. The smallest absolute Gasteiger partial charge is 0.242 e. The lowest BCUT2D eigenvalue weighted by Crippen LogP contribution is -2.54. The van der Waals surface area contributed by atoms with E-state index in [1.807, 2.05) is 30.8 Å². The van der Waals surface area contributed by atoms with Crippen LogP contribution in [0.1, 0.15) is 66.7 Å². The topological polar surface area (TPSA) is 91.4 Å². The average Bonchev–Trinajstić information content (AvgIpc) is 3.31. The Hall–Kier alpha value is -1.71. The molecule has 1 aliphatic rings. The summed E-state index contributed by atoms with van der Waals surface area (Å²) in [5.74, 6) is 0.0784. The van der Waals surface area contributed by atoms with E-state index in [-0.39, 0.29) is 60.8 Å². The first kappa shape index (κ1) is 32.3. The highest BCUT2D eigenvalue weighted by molar-refractivity contribution is 5.87. The highest BCUT2D eigenvalue weighted by atomic mass is 16.5. The van der Waals surface area contributed by atoms with Gasteiger partial charge >= 0.3 is 0 Å². The molecule has 1 fully saturated rings. The summed E-state index contributed by atoms with van der Waals surface area (Å²) in [6.07, 6.45) is 3.10. The Kier molecular flexibility index (Phi) is 13.9. The van der Waals surface area contributed by atoms with Crippen LogP contribution in [0.15, 0.2) is 0 Å². The van der Waals surface area contributed by atoms with Gasteiger partial charge in [0.25, 0.3) is 0 Å². The molecule has 0 aromatic carbocycles. The number of hydrogen-bond acceptors (Lipinski definition) is 6. The number of likely N-dealkylation sites (N-methyl/N-ethyl adjacent to an activating group) is 2. The standard InChI is InChI=1S/C27H52N4O5/c1-11-19(5)25(30(8)24(33)17-28-27(34)20(12-2)29(6)7)22(35-9)16-23(32)31-15-13-14-21(31)26(36-10)18(3)4/h18-22,25-26H,11-17H2,1-10H3,(H,28,34). The maximum atomic E-state index is 13.5. The highest BCUT2D eigenvalue weighted by Crippen LogP contribution is 2.28. The summed E-state index contributed by atoms with van der Waals surface area (Å²) >= 11 is 0. The lowest BCUT2D eigenvalue weighted by atomic mass is 9.90. The third kappa shape index (κ3) is 8.42. The zero-order valence-electron chi connectivity index (χ0n) is 24.4. The SMILES string of the molecule is CCC(C)C(C(CC(=O)N1CCCC1C(OC)C(C)C)OC)N(C)C(=O)CNC(=O)C(CC)N(C)C.